The number of Topliss-reactive ketones (excluding diaryl/α,β-unsaturated/α-hetero) is 1. The summed E-state index contributed by atoms with van der Waals surface area (Å²) in [5.74, 6) is -2.41. The molecule has 0 bridgehead atoms. The van der Waals surface area contributed by atoms with Crippen molar-refractivity contribution in [2.75, 3.05) is 20.1 Å². The van der Waals surface area contributed by atoms with Crippen LogP contribution in [-0.2, 0) is 29.2 Å². The number of likely N-dealkylation sites (N-methyl/N-ethyl adjacent to an activating group) is 1. The highest BCUT2D eigenvalue weighted by molar-refractivity contribution is 7.89. The molecule has 1 aromatic rings. The molecule has 5 atom stereocenters. The first kappa shape index (κ1) is 43.1. The molecular formula is C39H63N7O7S. The fraction of sp³-hybridized carbons (Fsp3) is 0.744. The van der Waals surface area contributed by atoms with Gasteiger partial charge in [-0.1, -0.05) is 74.1 Å². The molecule has 4 N–H and O–H groups in total. The topological polar surface area (TPSA) is 187 Å². The number of hydrogen-bond acceptors (Lipinski definition) is 8. The number of likely N-dealkylation sites (tertiary alicyclic amines) is 1. The number of amides is 5. The van der Waals surface area contributed by atoms with Gasteiger partial charge in [0.05, 0.1) is 6.04 Å². The van der Waals surface area contributed by atoms with Crippen LogP contribution in [0.15, 0.2) is 29.4 Å². The lowest BCUT2D eigenvalue weighted by atomic mass is 9.70. The first-order valence-electron chi connectivity index (χ1n) is 19.7. The zero-order valence-corrected chi connectivity index (χ0v) is 34.3. The second kappa shape index (κ2) is 17.9. The predicted molar refractivity (Wildman–Crippen MR) is 205 cm³/mol. The Balaban J connectivity index is 1.58. The van der Waals surface area contributed by atoms with E-state index in [9.17, 15) is 32.4 Å². The van der Waals surface area contributed by atoms with Gasteiger partial charge in [-0.25, -0.2) is 13.2 Å². The number of sulfonamides is 1. The van der Waals surface area contributed by atoms with Crippen LogP contribution in [0.5, 0.6) is 0 Å². The van der Waals surface area contributed by atoms with Crippen molar-refractivity contribution in [3.63, 3.8) is 0 Å². The third-order valence-electron chi connectivity index (χ3n) is 11.5. The van der Waals surface area contributed by atoms with Gasteiger partial charge in [-0.15, -0.1) is 0 Å². The number of aromatic nitrogens is 1. The number of rotatable bonds is 16. The average Bonchev–Trinajstić information content (AvgIpc) is 3.82. The normalized spacial score (nSPS) is 21.9. The third kappa shape index (κ3) is 10.6. The zero-order valence-electron chi connectivity index (χ0n) is 33.4. The molecule has 2 aliphatic carbocycles. The van der Waals surface area contributed by atoms with Gasteiger partial charge >= 0.3 is 6.03 Å². The van der Waals surface area contributed by atoms with Gasteiger partial charge in [-0.05, 0) is 73.3 Å². The van der Waals surface area contributed by atoms with Crippen LogP contribution < -0.4 is 21.3 Å². The van der Waals surface area contributed by atoms with Crippen molar-refractivity contribution in [3.05, 3.63) is 24.5 Å². The van der Waals surface area contributed by atoms with Crippen molar-refractivity contribution < 1.29 is 32.4 Å². The molecule has 54 heavy (non-hydrogen) atoms. The van der Waals surface area contributed by atoms with Crippen molar-refractivity contribution >= 4 is 39.6 Å². The molecule has 4 rings (SSSR count). The Labute approximate surface area is 321 Å². The molecule has 2 saturated carbocycles. The lowest BCUT2D eigenvalue weighted by Crippen LogP contribution is -2.63. The van der Waals surface area contributed by atoms with Gasteiger partial charge in [0, 0.05) is 44.6 Å². The van der Waals surface area contributed by atoms with Gasteiger partial charge in [0.15, 0.2) is 0 Å². The summed E-state index contributed by atoms with van der Waals surface area (Å²) in [5.41, 5.74) is -1.18. The summed E-state index contributed by atoms with van der Waals surface area (Å²) in [6.07, 6.45) is 10.0. The monoisotopic (exact) mass is 773 g/mol. The first-order chi connectivity index (χ1) is 25.3. The highest BCUT2D eigenvalue weighted by atomic mass is 32.2. The second-order valence-corrected chi connectivity index (χ2v) is 19.3. The average molecular weight is 774 g/mol. The van der Waals surface area contributed by atoms with Crippen LogP contribution >= 0.6 is 0 Å². The number of carbonyl (C=O) groups excluding carboxylic acids is 5. The minimum Gasteiger partial charge on any atom is -0.347 e. The third-order valence-corrected chi connectivity index (χ3v) is 13.4. The molecule has 1 aliphatic heterocycles. The maximum atomic E-state index is 14.9. The maximum absolute atomic E-state index is 14.9. The molecule has 0 spiro atoms. The molecule has 302 valence electrons. The van der Waals surface area contributed by atoms with Crippen molar-refractivity contribution in [3.8, 4) is 0 Å². The van der Waals surface area contributed by atoms with Crippen molar-refractivity contribution in [1.29, 1.82) is 0 Å². The Morgan fingerprint density at radius 2 is 1.69 bits per heavy atom. The summed E-state index contributed by atoms with van der Waals surface area (Å²) >= 11 is 0. The molecule has 5 amide bonds. The highest BCUT2D eigenvalue weighted by Gasteiger charge is 2.50. The van der Waals surface area contributed by atoms with E-state index in [1.807, 2.05) is 48.5 Å². The summed E-state index contributed by atoms with van der Waals surface area (Å²) in [6, 6.07) is -1.14. The predicted octanol–water partition coefficient (Wildman–Crippen LogP) is 3.76. The fourth-order valence-electron chi connectivity index (χ4n) is 7.80. The van der Waals surface area contributed by atoms with E-state index < -0.39 is 68.6 Å². The Kier molecular flexibility index (Phi) is 14.3. The molecule has 3 aliphatic rings. The maximum Gasteiger partial charge on any atom is 0.315 e. The van der Waals surface area contributed by atoms with Crippen molar-refractivity contribution in [2.45, 2.75) is 148 Å². The second-order valence-electron chi connectivity index (χ2n) is 17.3. The van der Waals surface area contributed by atoms with E-state index in [0.29, 0.717) is 32.2 Å². The van der Waals surface area contributed by atoms with Crippen LogP contribution in [0.4, 0.5) is 4.79 Å². The van der Waals surface area contributed by atoms with E-state index in [2.05, 4.69) is 26.3 Å². The van der Waals surface area contributed by atoms with E-state index in [1.54, 1.807) is 11.0 Å². The molecule has 0 aromatic carbocycles. The lowest BCUT2D eigenvalue weighted by molar-refractivity contribution is -0.145. The Morgan fingerprint density at radius 3 is 2.24 bits per heavy atom. The number of pyridine rings is 1. The number of nitrogens with one attached hydrogen (secondary N) is 4. The van der Waals surface area contributed by atoms with Crippen LogP contribution in [-0.4, -0.2) is 102 Å². The summed E-state index contributed by atoms with van der Waals surface area (Å²) in [5, 5.41) is 11.6. The van der Waals surface area contributed by atoms with Gasteiger partial charge in [-0.3, -0.25) is 24.2 Å². The Hall–Kier alpha value is -3.59. The molecule has 1 aromatic heterocycles. The van der Waals surface area contributed by atoms with Gasteiger partial charge in [0.2, 0.25) is 27.6 Å². The summed E-state index contributed by atoms with van der Waals surface area (Å²) in [7, 11) is -2.44. The molecule has 15 heteroatoms. The Morgan fingerprint density at radius 1 is 1.02 bits per heavy atom. The van der Waals surface area contributed by atoms with E-state index in [4.69, 9.17) is 0 Å². The van der Waals surface area contributed by atoms with Crippen LogP contribution in [0.1, 0.15) is 113 Å². The molecular weight excluding hydrogens is 711 g/mol. The van der Waals surface area contributed by atoms with E-state index in [1.165, 1.54) is 29.8 Å². The van der Waals surface area contributed by atoms with Crippen LogP contribution in [0.3, 0.4) is 0 Å². The molecule has 2 heterocycles. The van der Waals surface area contributed by atoms with E-state index in [-0.39, 0.29) is 41.6 Å². The van der Waals surface area contributed by atoms with Gasteiger partial charge in [0.1, 0.15) is 17.0 Å². The molecule has 0 radical (unpaired) electrons. The minimum atomic E-state index is -3.90. The van der Waals surface area contributed by atoms with Crippen LogP contribution in [0.25, 0.3) is 0 Å². The van der Waals surface area contributed by atoms with Crippen molar-refractivity contribution in [2.24, 2.45) is 22.7 Å². The summed E-state index contributed by atoms with van der Waals surface area (Å²) < 4.78 is 27.9. The zero-order chi connectivity index (χ0) is 40.0. The fourth-order valence-corrected chi connectivity index (χ4v) is 8.95. The quantitative estimate of drug-likeness (QED) is 0.183. The number of hydrogen-bond donors (Lipinski definition) is 4. The SMILES string of the molecule is CCCC(NC(=O)[C@@H]1[C@@H](C(C)C)CCN1C(=O)[C@@H](NC(=O)N[C@H](CN(C)S(=O)(=O)c1cccnc1)C(C)(C)C)C1(C)CCCCC1)C(=O)C(=O)NC1CC1. The highest BCUT2D eigenvalue weighted by Crippen LogP contribution is 2.41. The standard InChI is InChI=1S/C39H63N7O7S/c1-9-14-29(32(47)35(49)41-26-16-17-26)42-34(48)31-28(25(2)3)18-22-46(31)36(50)33(39(7)19-11-10-12-20-39)44-37(51)43-30(38(4,5)6)24-45(8)54(52,53)27-15-13-21-40-23-27/h13,15,21,23,25-26,28-31,33H,9-12,14,16-20,22,24H2,1-8H3,(H,41,49)(H,42,48)(H2,43,44,51)/t28-,29?,30-,31+,33-/m1/s1. The van der Waals surface area contributed by atoms with Gasteiger partial charge in [-0.2, -0.15) is 4.31 Å². The molecule has 1 saturated heterocycles. The molecule has 1 unspecified atom stereocenters. The van der Waals surface area contributed by atoms with Gasteiger partial charge in [0.25, 0.3) is 5.91 Å². The first-order valence-corrected chi connectivity index (χ1v) is 21.1. The van der Waals surface area contributed by atoms with E-state index >= 15 is 0 Å². The Bertz CT molecular complexity index is 1600. The number of nitrogens with zero attached hydrogens (tertiary/aromatic N) is 3. The lowest BCUT2D eigenvalue weighted by Gasteiger charge is -2.43. The number of ketones is 1. The summed E-state index contributed by atoms with van der Waals surface area (Å²) in [4.78, 5) is 74.6. The number of urea groups is 1. The largest absolute Gasteiger partial charge is 0.347 e. The molecule has 3 fully saturated rings. The van der Waals surface area contributed by atoms with Crippen LogP contribution in [0, 0.1) is 22.7 Å². The number of carbonyl (C=O) groups is 5. The molecule has 14 nitrogen and oxygen atoms in total. The van der Waals surface area contributed by atoms with E-state index in [0.717, 1.165) is 32.1 Å². The summed E-state index contributed by atoms with van der Waals surface area (Å²) in [6.45, 7) is 13.8. The van der Waals surface area contributed by atoms with Crippen molar-refractivity contribution in [1.82, 2.24) is 35.5 Å². The van der Waals surface area contributed by atoms with Gasteiger partial charge < -0.3 is 26.2 Å². The smallest absolute Gasteiger partial charge is 0.315 e. The van der Waals surface area contributed by atoms with Crippen LogP contribution in [0.2, 0.25) is 0 Å². The minimum absolute atomic E-state index is 0.00468.